The fourth-order valence-corrected chi connectivity index (χ4v) is 5.83. The molecule has 1 aliphatic heterocycles. The molecule has 2 aromatic carbocycles. The Morgan fingerprint density at radius 3 is 2.48 bits per heavy atom. The zero-order chi connectivity index (χ0) is 21.8. The number of piperazine rings is 1. The monoisotopic (exact) mass is 456 g/mol. The smallest absolute Gasteiger partial charge is 0.243 e. The lowest BCUT2D eigenvalue weighted by atomic mass is 10.2. The highest BCUT2D eigenvalue weighted by atomic mass is 32.2. The molecule has 0 spiro atoms. The van der Waals surface area contributed by atoms with Gasteiger partial charge in [0.15, 0.2) is 5.16 Å². The van der Waals surface area contributed by atoms with Crippen molar-refractivity contribution < 1.29 is 13.2 Å². The Bertz CT molecular complexity index is 1150. The number of nitrogens with zero attached hydrogens (tertiary/aromatic N) is 4. The number of carbonyl (C=O) groups excluding carboxylic acids is 1. The van der Waals surface area contributed by atoms with Crippen molar-refractivity contribution >= 4 is 27.7 Å². The van der Waals surface area contributed by atoms with Crippen LogP contribution < -0.4 is 0 Å². The highest BCUT2D eigenvalue weighted by Gasteiger charge is 2.30. The van der Waals surface area contributed by atoms with Crippen molar-refractivity contribution in [1.82, 2.24) is 18.8 Å². The van der Waals surface area contributed by atoms with Gasteiger partial charge in [0.2, 0.25) is 15.9 Å². The van der Waals surface area contributed by atoms with Gasteiger partial charge in [0, 0.05) is 44.3 Å². The van der Waals surface area contributed by atoms with E-state index in [0.717, 1.165) is 16.4 Å². The second-order valence-electron chi connectivity index (χ2n) is 7.31. The number of thioether (sulfide) groups is 1. The molecule has 1 aromatic heterocycles. The number of sulfonamides is 1. The van der Waals surface area contributed by atoms with Crippen molar-refractivity contribution in [3.8, 4) is 5.69 Å². The van der Waals surface area contributed by atoms with Crippen LogP contribution in [0.5, 0.6) is 0 Å². The highest BCUT2D eigenvalue weighted by molar-refractivity contribution is 7.99. The van der Waals surface area contributed by atoms with Crippen LogP contribution >= 0.6 is 11.8 Å². The van der Waals surface area contributed by atoms with Crippen LogP contribution in [-0.2, 0) is 14.8 Å². The zero-order valence-corrected chi connectivity index (χ0v) is 18.8. The molecule has 31 heavy (non-hydrogen) atoms. The molecular weight excluding hydrogens is 432 g/mol. The Morgan fingerprint density at radius 2 is 1.77 bits per heavy atom. The molecule has 0 N–H and O–H groups in total. The van der Waals surface area contributed by atoms with Crippen LogP contribution in [0.2, 0.25) is 0 Å². The summed E-state index contributed by atoms with van der Waals surface area (Å²) < 4.78 is 28.9. The van der Waals surface area contributed by atoms with Crippen LogP contribution in [0.25, 0.3) is 5.69 Å². The lowest BCUT2D eigenvalue weighted by Gasteiger charge is -2.34. The van der Waals surface area contributed by atoms with E-state index >= 15 is 0 Å². The van der Waals surface area contributed by atoms with Gasteiger partial charge in [0.05, 0.1) is 10.6 Å². The number of amides is 1. The first-order valence-corrected chi connectivity index (χ1v) is 12.4. The molecule has 7 nitrogen and oxygen atoms in total. The van der Waals surface area contributed by atoms with E-state index in [9.17, 15) is 13.2 Å². The van der Waals surface area contributed by atoms with Gasteiger partial charge in [0.1, 0.15) is 0 Å². The van der Waals surface area contributed by atoms with Gasteiger partial charge in [-0.1, -0.05) is 42.1 Å². The summed E-state index contributed by atoms with van der Waals surface area (Å²) in [6, 6.07) is 16.5. The average Bonchev–Trinajstić information content (AvgIpc) is 3.27. The van der Waals surface area contributed by atoms with E-state index in [2.05, 4.69) is 11.1 Å². The largest absolute Gasteiger partial charge is 0.339 e. The second kappa shape index (κ2) is 9.25. The van der Waals surface area contributed by atoms with Crippen LogP contribution in [0.3, 0.4) is 0 Å². The zero-order valence-electron chi connectivity index (χ0n) is 17.2. The van der Waals surface area contributed by atoms with Gasteiger partial charge >= 0.3 is 0 Å². The Morgan fingerprint density at radius 1 is 1.03 bits per heavy atom. The van der Waals surface area contributed by atoms with Gasteiger partial charge in [-0.3, -0.25) is 9.36 Å². The molecule has 0 atom stereocenters. The molecule has 0 aliphatic carbocycles. The molecule has 162 valence electrons. The number of hydrogen-bond acceptors (Lipinski definition) is 5. The van der Waals surface area contributed by atoms with E-state index in [-0.39, 0.29) is 16.6 Å². The van der Waals surface area contributed by atoms with Gasteiger partial charge in [-0.25, -0.2) is 13.4 Å². The molecule has 1 aliphatic rings. The first-order chi connectivity index (χ1) is 14.9. The molecule has 1 amide bonds. The molecule has 9 heteroatoms. The first-order valence-electron chi connectivity index (χ1n) is 10.0. The number of benzene rings is 2. The predicted octanol–water partition coefficient (Wildman–Crippen LogP) is 2.81. The van der Waals surface area contributed by atoms with E-state index in [4.69, 9.17) is 0 Å². The molecule has 1 fully saturated rings. The van der Waals surface area contributed by atoms with E-state index in [1.165, 1.54) is 16.1 Å². The van der Waals surface area contributed by atoms with Crippen LogP contribution in [0.15, 0.2) is 77.0 Å². The lowest BCUT2D eigenvalue weighted by molar-refractivity contribution is -0.129. The number of aryl methyl sites for hydroxylation is 1. The standard InChI is InChI=1S/C22H24N4O3S2/c1-18-6-5-7-19(16-18)26-11-10-23-22(26)30-17-21(27)24-12-14-25(15-13-24)31(28,29)20-8-3-2-4-9-20/h2-11,16H,12-15,17H2,1H3. The summed E-state index contributed by atoms with van der Waals surface area (Å²) >= 11 is 1.39. The minimum absolute atomic E-state index is 0.0134. The number of rotatable bonds is 6. The van der Waals surface area contributed by atoms with Gasteiger partial charge in [-0.15, -0.1) is 0 Å². The Balaban J connectivity index is 1.34. The van der Waals surface area contributed by atoms with Crippen molar-refractivity contribution in [2.45, 2.75) is 17.0 Å². The maximum Gasteiger partial charge on any atom is 0.243 e. The Labute approximate surface area is 186 Å². The highest BCUT2D eigenvalue weighted by Crippen LogP contribution is 2.22. The topological polar surface area (TPSA) is 75.5 Å². The fraction of sp³-hybridized carbons (Fsp3) is 0.273. The third-order valence-electron chi connectivity index (χ3n) is 5.18. The summed E-state index contributed by atoms with van der Waals surface area (Å²) in [6.45, 7) is 3.40. The molecule has 4 rings (SSSR count). The number of hydrogen-bond donors (Lipinski definition) is 0. The quantitative estimate of drug-likeness (QED) is 0.533. The van der Waals surface area contributed by atoms with Crippen molar-refractivity contribution in [3.63, 3.8) is 0 Å². The third kappa shape index (κ3) is 4.84. The van der Waals surface area contributed by atoms with Gasteiger partial charge < -0.3 is 4.90 Å². The first kappa shape index (κ1) is 21.6. The fourth-order valence-electron chi connectivity index (χ4n) is 3.51. The molecule has 0 saturated carbocycles. The summed E-state index contributed by atoms with van der Waals surface area (Å²) in [6.07, 6.45) is 3.61. The molecule has 0 radical (unpaired) electrons. The Kier molecular flexibility index (Phi) is 6.45. The summed E-state index contributed by atoms with van der Waals surface area (Å²) in [5.41, 5.74) is 2.16. The molecular formula is C22H24N4O3S2. The Hall–Kier alpha value is -2.62. The molecule has 1 saturated heterocycles. The summed E-state index contributed by atoms with van der Waals surface area (Å²) in [5.74, 6) is 0.245. The van der Waals surface area contributed by atoms with E-state index in [1.807, 2.05) is 35.9 Å². The maximum atomic E-state index is 12.7. The summed E-state index contributed by atoms with van der Waals surface area (Å²) in [5, 5.41) is 0.754. The summed E-state index contributed by atoms with van der Waals surface area (Å²) in [7, 11) is -3.52. The number of imidazole rings is 1. The van der Waals surface area contributed by atoms with Crippen LogP contribution in [0.1, 0.15) is 5.56 Å². The van der Waals surface area contributed by atoms with Crippen molar-refractivity contribution in [2.24, 2.45) is 0 Å². The van der Waals surface area contributed by atoms with Gasteiger partial charge in [0.25, 0.3) is 0 Å². The van der Waals surface area contributed by atoms with Crippen LogP contribution in [-0.4, -0.2) is 65.0 Å². The van der Waals surface area contributed by atoms with Gasteiger partial charge in [-0.2, -0.15) is 4.31 Å². The van der Waals surface area contributed by atoms with Crippen LogP contribution in [0, 0.1) is 6.92 Å². The second-order valence-corrected chi connectivity index (χ2v) is 10.2. The normalized spacial score (nSPS) is 15.2. The van der Waals surface area contributed by atoms with Crippen molar-refractivity contribution in [1.29, 1.82) is 0 Å². The minimum Gasteiger partial charge on any atom is -0.339 e. The van der Waals surface area contributed by atoms with Crippen molar-refractivity contribution in [2.75, 3.05) is 31.9 Å². The van der Waals surface area contributed by atoms with E-state index in [1.54, 1.807) is 41.4 Å². The van der Waals surface area contributed by atoms with Crippen LogP contribution in [0.4, 0.5) is 0 Å². The predicted molar refractivity (Wildman–Crippen MR) is 121 cm³/mol. The minimum atomic E-state index is -3.52. The SMILES string of the molecule is Cc1cccc(-n2ccnc2SCC(=O)N2CCN(S(=O)(=O)c3ccccc3)CC2)c1. The van der Waals surface area contributed by atoms with Crippen molar-refractivity contribution in [3.05, 3.63) is 72.6 Å². The average molecular weight is 457 g/mol. The number of aromatic nitrogens is 2. The molecule has 0 bridgehead atoms. The number of carbonyl (C=O) groups is 1. The lowest BCUT2D eigenvalue weighted by Crippen LogP contribution is -2.50. The third-order valence-corrected chi connectivity index (χ3v) is 8.05. The maximum absolute atomic E-state index is 12.7. The molecule has 3 aromatic rings. The summed E-state index contributed by atoms with van der Waals surface area (Å²) in [4.78, 5) is 19.1. The van der Waals surface area contributed by atoms with E-state index < -0.39 is 10.0 Å². The molecule has 0 unspecified atom stereocenters. The van der Waals surface area contributed by atoms with E-state index in [0.29, 0.717) is 26.2 Å². The van der Waals surface area contributed by atoms with Gasteiger partial charge in [-0.05, 0) is 36.8 Å². The molecule has 2 heterocycles.